The Balaban J connectivity index is 1.74. The Morgan fingerprint density at radius 2 is 1.80 bits per heavy atom. The van der Waals surface area contributed by atoms with E-state index in [4.69, 9.17) is 4.74 Å². The van der Waals surface area contributed by atoms with E-state index in [2.05, 4.69) is 39.9 Å². The van der Waals surface area contributed by atoms with Gasteiger partial charge >= 0.3 is 0 Å². The van der Waals surface area contributed by atoms with Crippen LogP contribution in [0, 0.1) is 5.82 Å². The highest BCUT2D eigenvalue weighted by molar-refractivity contribution is 5.79. The molecule has 5 heteroatoms. The largest absolute Gasteiger partial charge is 0.375 e. The maximum atomic E-state index is 13.0. The highest BCUT2D eigenvalue weighted by Gasteiger charge is 2.11. The third-order valence-corrected chi connectivity index (χ3v) is 3.98. The Hall–Kier alpha value is -2.40. The molecule has 134 valence electrons. The minimum Gasteiger partial charge on any atom is -0.375 e. The van der Waals surface area contributed by atoms with E-state index in [0.717, 1.165) is 30.9 Å². The average molecular weight is 343 g/mol. The average Bonchev–Trinajstić information content (AvgIpc) is 2.66. The molecule has 4 nitrogen and oxygen atoms in total. The van der Waals surface area contributed by atoms with E-state index in [1.807, 2.05) is 6.07 Å². The Morgan fingerprint density at radius 3 is 2.44 bits per heavy atom. The van der Waals surface area contributed by atoms with Gasteiger partial charge in [-0.25, -0.2) is 4.39 Å². The van der Waals surface area contributed by atoms with Crippen molar-refractivity contribution in [2.75, 3.05) is 27.2 Å². The number of benzene rings is 2. The molecule has 0 aliphatic heterocycles. The lowest BCUT2D eigenvalue weighted by Crippen LogP contribution is -2.40. The van der Waals surface area contributed by atoms with Crippen molar-refractivity contribution in [3.05, 3.63) is 71.5 Å². The SMILES string of the molecule is CN=C(NCCCc1ccccc1)NCC(OC)c1ccc(F)cc1. The summed E-state index contributed by atoms with van der Waals surface area (Å²) >= 11 is 0. The number of ether oxygens (including phenoxy) is 1. The molecule has 0 fully saturated rings. The summed E-state index contributed by atoms with van der Waals surface area (Å²) in [6, 6.07) is 16.8. The molecule has 1 unspecified atom stereocenters. The summed E-state index contributed by atoms with van der Waals surface area (Å²) in [5, 5.41) is 6.56. The van der Waals surface area contributed by atoms with Crippen LogP contribution in [-0.2, 0) is 11.2 Å². The summed E-state index contributed by atoms with van der Waals surface area (Å²) in [7, 11) is 3.39. The van der Waals surface area contributed by atoms with E-state index in [1.165, 1.54) is 17.7 Å². The van der Waals surface area contributed by atoms with E-state index in [1.54, 1.807) is 26.3 Å². The Labute approximate surface area is 149 Å². The number of rotatable bonds is 8. The third kappa shape index (κ3) is 6.55. The summed E-state index contributed by atoms with van der Waals surface area (Å²) in [4.78, 5) is 4.23. The van der Waals surface area contributed by atoms with Crippen LogP contribution in [0.15, 0.2) is 59.6 Å². The normalized spacial score (nSPS) is 12.7. The van der Waals surface area contributed by atoms with Crippen molar-refractivity contribution in [1.82, 2.24) is 10.6 Å². The van der Waals surface area contributed by atoms with Crippen LogP contribution in [-0.4, -0.2) is 33.2 Å². The predicted octanol–water partition coefficient (Wildman–Crippen LogP) is 3.31. The second kappa shape index (κ2) is 10.5. The Morgan fingerprint density at radius 1 is 1.08 bits per heavy atom. The zero-order valence-electron chi connectivity index (χ0n) is 14.8. The summed E-state index contributed by atoms with van der Waals surface area (Å²) in [5.41, 5.74) is 2.26. The molecule has 0 radical (unpaired) electrons. The molecule has 2 N–H and O–H groups in total. The molecule has 1 atom stereocenters. The maximum Gasteiger partial charge on any atom is 0.191 e. The van der Waals surface area contributed by atoms with Crippen molar-refractivity contribution >= 4 is 5.96 Å². The smallest absolute Gasteiger partial charge is 0.191 e. The number of aliphatic imine (C=N–C) groups is 1. The minimum atomic E-state index is -0.248. The number of hydrogen-bond donors (Lipinski definition) is 2. The van der Waals surface area contributed by atoms with Gasteiger partial charge in [-0.2, -0.15) is 0 Å². The number of hydrogen-bond acceptors (Lipinski definition) is 2. The van der Waals surface area contributed by atoms with Crippen molar-refractivity contribution < 1.29 is 9.13 Å². The molecule has 0 spiro atoms. The molecule has 0 aliphatic rings. The molecule has 2 aromatic carbocycles. The molecular formula is C20H26FN3O. The first-order valence-corrected chi connectivity index (χ1v) is 8.49. The highest BCUT2D eigenvalue weighted by atomic mass is 19.1. The lowest BCUT2D eigenvalue weighted by molar-refractivity contribution is 0.106. The lowest BCUT2D eigenvalue weighted by atomic mass is 10.1. The maximum absolute atomic E-state index is 13.0. The van der Waals surface area contributed by atoms with Gasteiger partial charge in [0.1, 0.15) is 5.82 Å². The fourth-order valence-corrected chi connectivity index (χ4v) is 2.57. The number of nitrogens with one attached hydrogen (secondary N) is 2. The van der Waals surface area contributed by atoms with Gasteiger partial charge in [0.15, 0.2) is 5.96 Å². The van der Waals surface area contributed by atoms with Crippen molar-refractivity contribution in [1.29, 1.82) is 0 Å². The Kier molecular flexibility index (Phi) is 7.92. The zero-order chi connectivity index (χ0) is 17.9. The second-order valence-corrected chi connectivity index (χ2v) is 5.74. The molecule has 0 aromatic heterocycles. The van der Waals surface area contributed by atoms with Gasteiger partial charge in [0.2, 0.25) is 0 Å². The molecule has 0 saturated carbocycles. The first-order chi connectivity index (χ1) is 12.2. The monoisotopic (exact) mass is 343 g/mol. The summed E-state index contributed by atoms with van der Waals surface area (Å²) < 4.78 is 18.5. The summed E-state index contributed by atoms with van der Waals surface area (Å²) in [5.74, 6) is 0.486. The molecule has 0 amide bonds. The van der Waals surface area contributed by atoms with Crippen LogP contribution in [0.4, 0.5) is 4.39 Å². The first kappa shape index (κ1) is 18.9. The summed E-state index contributed by atoms with van der Waals surface area (Å²) in [6.07, 6.45) is 1.89. The van der Waals surface area contributed by atoms with Gasteiger partial charge in [-0.05, 0) is 36.1 Å². The molecule has 2 aromatic rings. The molecular weight excluding hydrogens is 317 g/mol. The van der Waals surface area contributed by atoms with E-state index in [9.17, 15) is 4.39 Å². The standard InChI is InChI=1S/C20H26FN3O/c1-22-20(23-14-6-9-16-7-4-3-5-8-16)24-15-19(25-2)17-10-12-18(21)13-11-17/h3-5,7-8,10-13,19H,6,9,14-15H2,1-2H3,(H2,22,23,24). The van der Waals surface area contributed by atoms with Crippen molar-refractivity contribution in [2.45, 2.75) is 18.9 Å². The van der Waals surface area contributed by atoms with Crippen LogP contribution in [0.3, 0.4) is 0 Å². The van der Waals surface area contributed by atoms with E-state index in [0.29, 0.717) is 6.54 Å². The van der Waals surface area contributed by atoms with Crippen LogP contribution in [0.25, 0.3) is 0 Å². The van der Waals surface area contributed by atoms with Crippen molar-refractivity contribution in [3.63, 3.8) is 0 Å². The number of aryl methyl sites for hydroxylation is 1. The van der Waals surface area contributed by atoms with Gasteiger partial charge in [-0.3, -0.25) is 4.99 Å². The molecule has 0 saturated heterocycles. The van der Waals surface area contributed by atoms with Gasteiger partial charge in [0, 0.05) is 27.2 Å². The quantitative estimate of drug-likeness (QED) is 0.439. The van der Waals surface area contributed by atoms with Gasteiger partial charge in [-0.15, -0.1) is 0 Å². The molecule has 2 rings (SSSR count). The zero-order valence-corrected chi connectivity index (χ0v) is 14.8. The van der Waals surface area contributed by atoms with Gasteiger partial charge < -0.3 is 15.4 Å². The third-order valence-electron chi connectivity index (χ3n) is 3.98. The van der Waals surface area contributed by atoms with Crippen LogP contribution in [0.1, 0.15) is 23.7 Å². The van der Waals surface area contributed by atoms with E-state index >= 15 is 0 Å². The summed E-state index contributed by atoms with van der Waals surface area (Å²) in [6.45, 7) is 1.39. The van der Waals surface area contributed by atoms with Crippen LogP contribution >= 0.6 is 0 Å². The highest BCUT2D eigenvalue weighted by Crippen LogP contribution is 2.16. The van der Waals surface area contributed by atoms with Crippen LogP contribution < -0.4 is 10.6 Å². The fourth-order valence-electron chi connectivity index (χ4n) is 2.57. The lowest BCUT2D eigenvalue weighted by Gasteiger charge is -2.18. The number of methoxy groups -OCH3 is 1. The van der Waals surface area contributed by atoms with Crippen LogP contribution in [0.5, 0.6) is 0 Å². The second-order valence-electron chi connectivity index (χ2n) is 5.74. The molecule has 0 bridgehead atoms. The first-order valence-electron chi connectivity index (χ1n) is 8.49. The fraction of sp³-hybridized carbons (Fsp3) is 0.350. The van der Waals surface area contributed by atoms with Gasteiger partial charge in [0.05, 0.1) is 6.10 Å². The van der Waals surface area contributed by atoms with Gasteiger partial charge in [0.25, 0.3) is 0 Å². The predicted molar refractivity (Wildman–Crippen MR) is 100 cm³/mol. The van der Waals surface area contributed by atoms with Crippen LogP contribution in [0.2, 0.25) is 0 Å². The van der Waals surface area contributed by atoms with Gasteiger partial charge in [-0.1, -0.05) is 42.5 Å². The topological polar surface area (TPSA) is 45.7 Å². The Bertz CT molecular complexity index is 644. The minimum absolute atomic E-state index is 0.163. The number of guanidine groups is 1. The molecule has 25 heavy (non-hydrogen) atoms. The van der Waals surface area contributed by atoms with E-state index < -0.39 is 0 Å². The van der Waals surface area contributed by atoms with E-state index in [-0.39, 0.29) is 11.9 Å². The number of nitrogens with zero attached hydrogens (tertiary/aromatic N) is 1. The number of halogens is 1. The van der Waals surface area contributed by atoms with Crippen molar-refractivity contribution in [3.8, 4) is 0 Å². The molecule has 0 aliphatic carbocycles. The van der Waals surface area contributed by atoms with Crippen molar-refractivity contribution in [2.24, 2.45) is 4.99 Å². The molecule has 0 heterocycles.